The lowest BCUT2D eigenvalue weighted by molar-refractivity contribution is 0.100. The number of phenolic OH excluding ortho intramolecular Hbond substituents is 2. The summed E-state index contributed by atoms with van der Waals surface area (Å²) < 4.78 is 0. The summed E-state index contributed by atoms with van der Waals surface area (Å²) in [5.74, 6) is 2.57. The maximum Gasteiger partial charge on any atom is 0.160 e. The van der Waals surface area contributed by atoms with Crippen LogP contribution in [0.25, 0.3) is 0 Å². The van der Waals surface area contributed by atoms with Crippen molar-refractivity contribution in [3.8, 4) is 11.5 Å². The minimum atomic E-state index is 0.125. The van der Waals surface area contributed by atoms with Crippen LogP contribution in [0, 0.1) is 41.5 Å². The summed E-state index contributed by atoms with van der Waals surface area (Å²) >= 11 is 0. The second-order valence-electron chi connectivity index (χ2n) is 19.8. The minimum absolute atomic E-state index is 0.125. The Kier molecular flexibility index (Phi) is 32.6. The number of phenols is 2. The molecule has 0 saturated heterocycles. The van der Waals surface area contributed by atoms with E-state index in [2.05, 4.69) is 58.9 Å². The van der Waals surface area contributed by atoms with Crippen LogP contribution in [-0.4, -0.2) is 39.1 Å². The summed E-state index contributed by atoms with van der Waals surface area (Å²) in [5, 5.41) is 18.1. The van der Waals surface area contributed by atoms with Crippen molar-refractivity contribution in [3.63, 3.8) is 0 Å². The van der Waals surface area contributed by atoms with Gasteiger partial charge in [0.15, 0.2) is 28.9 Å². The third-order valence-electron chi connectivity index (χ3n) is 12.1. The Morgan fingerprint density at radius 1 is 0.354 bits per heavy atom. The molecule has 8 aromatic carbocycles. The molecule has 0 aliphatic rings. The largest absolute Gasteiger partial charge is 0.508 e. The molecule has 416 valence electrons. The number of carbonyl (C=O) groups excluding carboxylic acids is 5. The lowest BCUT2D eigenvalue weighted by Crippen LogP contribution is -1.93. The van der Waals surface area contributed by atoms with Gasteiger partial charge in [0.1, 0.15) is 11.5 Å². The highest BCUT2D eigenvalue weighted by Gasteiger charge is 2.03. The lowest BCUT2D eigenvalue weighted by Gasteiger charge is -2.06. The van der Waals surface area contributed by atoms with Crippen molar-refractivity contribution >= 4 is 28.9 Å². The van der Waals surface area contributed by atoms with Gasteiger partial charge < -0.3 is 10.2 Å². The van der Waals surface area contributed by atoms with Crippen LogP contribution in [0.4, 0.5) is 0 Å². The van der Waals surface area contributed by atoms with E-state index in [4.69, 9.17) is 5.11 Å². The van der Waals surface area contributed by atoms with Gasteiger partial charge in [0, 0.05) is 27.8 Å². The number of Topliss-reactive ketones (excluding diaryl/α,β-unsaturated/α-hetero) is 5. The standard InChI is InChI=1S/C10H14O.5C9H10O.C9H12.C8H10O/c1-7(2)9-4-5-10(11)8(3)6-9;2*1-7-3-5-9(6-4-7)8(2)10;1-7-4-3-5-9(6-7)8(2)10;2*1-7-5-3-4-6-9(7)8(2)10;1-8(2)9-6-4-3-5-7-9;1-2-7-3-5-8(9)6-4-7/h4-7,11H,1-3H3;5*3-6H,1-2H3;3-8H,1-2H3;3-6,9H,2H2,1H3. The topological polar surface area (TPSA) is 126 Å². The molecule has 0 radical (unpaired) electrons. The first kappa shape index (κ1) is 68.7. The molecule has 0 spiro atoms. The van der Waals surface area contributed by atoms with Gasteiger partial charge in [-0.05, 0) is 152 Å². The molecule has 0 heterocycles. The van der Waals surface area contributed by atoms with Crippen molar-refractivity contribution in [3.05, 3.63) is 272 Å². The van der Waals surface area contributed by atoms with Gasteiger partial charge in [0.05, 0.1) is 0 Å². The van der Waals surface area contributed by atoms with E-state index in [1.54, 1.807) is 52.8 Å². The molecule has 0 aliphatic heterocycles. The first-order valence-corrected chi connectivity index (χ1v) is 26.8. The van der Waals surface area contributed by atoms with Gasteiger partial charge in [0.2, 0.25) is 0 Å². The van der Waals surface area contributed by atoms with Gasteiger partial charge >= 0.3 is 0 Å². The molecule has 0 saturated carbocycles. The van der Waals surface area contributed by atoms with E-state index in [0.29, 0.717) is 23.3 Å². The highest BCUT2D eigenvalue weighted by molar-refractivity contribution is 5.96. The molecule has 0 unspecified atom stereocenters. The number of aromatic hydroxyl groups is 2. The summed E-state index contributed by atoms with van der Waals surface area (Å²) in [7, 11) is 0. The van der Waals surface area contributed by atoms with Crippen LogP contribution in [0.1, 0.15) is 183 Å². The number of hydrogen-bond donors (Lipinski definition) is 2. The van der Waals surface area contributed by atoms with Crippen molar-refractivity contribution in [2.24, 2.45) is 0 Å². The maximum atomic E-state index is 10.9. The zero-order valence-electron chi connectivity index (χ0n) is 49.8. The maximum absolute atomic E-state index is 10.9. The third kappa shape index (κ3) is 29.1. The minimum Gasteiger partial charge on any atom is -0.508 e. The second-order valence-corrected chi connectivity index (χ2v) is 19.8. The lowest BCUT2D eigenvalue weighted by atomic mass is 10.0. The normalized spacial score (nSPS) is 9.65. The fourth-order valence-electron chi connectivity index (χ4n) is 6.98. The van der Waals surface area contributed by atoms with E-state index >= 15 is 0 Å². The first-order chi connectivity index (χ1) is 37.3. The monoisotopic (exact) mass is 1060 g/mol. The number of rotatable bonds is 8. The van der Waals surface area contributed by atoms with Gasteiger partial charge in [0.25, 0.3) is 0 Å². The van der Waals surface area contributed by atoms with E-state index < -0.39 is 0 Å². The summed E-state index contributed by atoms with van der Waals surface area (Å²) in [6.45, 7) is 30.5. The summed E-state index contributed by atoms with van der Waals surface area (Å²) in [6.07, 6.45) is 1.03. The molecule has 8 aromatic rings. The molecule has 8 rings (SSSR count). The van der Waals surface area contributed by atoms with Crippen LogP contribution < -0.4 is 0 Å². The zero-order valence-corrected chi connectivity index (χ0v) is 49.8. The van der Waals surface area contributed by atoms with E-state index in [1.165, 1.54) is 27.8 Å². The SMILES string of the molecule is CC(=O)c1ccc(C)cc1.CC(=O)c1ccc(C)cc1.CC(=O)c1cccc(C)c1.CC(=O)c1ccccc1C.CC(=O)c1ccccc1C.CC(C)c1ccccc1.CCc1ccc(O)cc1.Cc1cc(C(C)C)ccc1O. The van der Waals surface area contributed by atoms with E-state index in [-0.39, 0.29) is 28.9 Å². The number of ketones is 5. The first-order valence-electron chi connectivity index (χ1n) is 26.8. The van der Waals surface area contributed by atoms with Crippen LogP contribution in [-0.2, 0) is 6.42 Å². The quantitative estimate of drug-likeness (QED) is 0.145. The average molecular weight is 1060 g/mol. The Balaban J connectivity index is 0.000000452. The van der Waals surface area contributed by atoms with Gasteiger partial charge in [-0.25, -0.2) is 0 Å². The van der Waals surface area contributed by atoms with Crippen LogP contribution >= 0.6 is 0 Å². The van der Waals surface area contributed by atoms with Crippen molar-refractivity contribution in [2.75, 3.05) is 0 Å². The smallest absolute Gasteiger partial charge is 0.160 e. The van der Waals surface area contributed by atoms with Gasteiger partial charge in [-0.2, -0.15) is 0 Å². The Labute approximate surface area is 473 Å². The van der Waals surface area contributed by atoms with Crippen molar-refractivity contribution < 1.29 is 34.2 Å². The third-order valence-corrected chi connectivity index (χ3v) is 12.1. The molecule has 0 aromatic heterocycles. The Hall–Kier alpha value is -8.29. The van der Waals surface area contributed by atoms with E-state index in [1.807, 2.05) is 193 Å². The molecular weight excluding hydrogens is 977 g/mol. The number of aryl methyl sites for hydroxylation is 7. The van der Waals surface area contributed by atoms with Crippen LogP contribution in [0.2, 0.25) is 0 Å². The van der Waals surface area contributed by atoms with Gasteiger partial charge in [-0.1, -0.05) is 221 Å². The number of benzene rings is 8. The molecule has 79 heavy (non-hydrogen) atoms. The number of carbonyl (C=O) groups is 5. The Morgan fingerprint density at radius 3 is 1.06 bits per heavy atom. The molecule has 0 fully saturated rings. The van der Waals surface area contributed by atoms with Crippen molar-refractivity contribution in [1.82, 2.24) is 0 Å². The summed E-state index contributed by atoms with van der Waals surface area (Å²) in [6, 6.07) is 61.5. The van der Waals surface area contributed by atoms with E-state index in [9.17, 15) is 29.1 Å². The Bertz CT molecular complexity index is 2960. The zero-order chi connectivity index (χ0) is 59.6. The molecule has 7 heteroatoms. The highest BCUT2D eigenvalue weighted by Crippen LogP contribution is 2.22. The van der Waals surface area contributed by atoms with Gasteiger partial charge in [-0.3, -0.25) is 24.0 Å². The van der Waals surface area contributed by atoms with E-state index in [0.717, 1.165) is 56.5 Å². The average Bonchev–Trinajstić information content (AvgIpc) is 3.41. The summed E-state index contributed by atoms with van der Waals surface area (Å²) in [4.78, 5) is 54.0. The van der Waals surface area contributed by atoms with Gasteiger partial charge in [-0.15, -0.1) is 0 Å². The second kappa shape index (κ2) is 37.5. The molecule has 2 N–H and O–H groups in total. The molecule has 0 bridgehead atoms. The summed E-state index contributed by atoms with van der Waals surface area (Å²) in [5.41, 5.74) is 14.5. The van der Waals surface area contributed by atoms with Crippen LogP contribution in [0.15, 0.2) is 194 Å². The molecule has 0 amide bonds. The van der Waals surface area contributed by atoms with Crippen LogP contribution in [0.5, 0.6) is 11.5 Å². The molecule has 0 atom stereocenters. The van der Waals surface area contributed by atoms with Crippen molar-refractivity contribution in [1.29, 1.82) is 0 Å². The molecular formula is C72H86O7. The fourth-order valence-corrected chi connectivity index (χ4v) is 6.98. The fraction of sp³-hybridized carbons (Fsp3) is 0.264. The Morgan fingerprint density at radius 2 is 0.759 bits per heavy atom. The highest BCUT2D eigenvalue weighted by atomic mass is 16.3. The predicted molar refractivity (Wildman–Crippen MR) is 331 cm³/mol. The molecule has 0 aliphatic carbocycles. The predicted octanol–water partition coefficient (Wildman–Crippen LogP) is 18.6. The van der Waals surface area contributed by atoms with Crippen LogP contribution in [0.3, 0.4) is 0 Å². The van der Waals surface area contributed by atoms with Crippen molar-refractivity contribution in [2.45, 2.75) is 129 Å². The molecule has 7 nitrogen and oxygen atoms in total. The number of hydrogen-bond acceptors (Lipinski definition) is 7.